The molecule has 0 amide bonds. The maximum atomic E-state index is 12.5. The average Bonchev–Trinajstić information content (AvgIpc) is 2.77. The van der Waals surface area contributed by atoms with E-state index in [-0.39, 0.29) is 16.9 Å². The molecule has 0 aliphatic heterocycles. The second-order valence-corrected chi connectivity index (χ2v) is 6.41. The van der Waals surface area contributed by atoms with Crippen LogP contribution in [0.3, 0.4) is 0 Å². The molecule has 3 aromatic carbocycles. The molecule has 146 valence electrons. The minimum atomic E-state index is -0.834. The SMILES string of the molecule is CCC(=O)c1cccc(C(=O)OOC(=O)c2ccccc2-c2ccccc2)c1C. The molecule has 0 N–H and O–H groups in total. The predicted octanol–water partition coefficient (Wildman–Crippen LogP) is 5.18. The van der Waals surface area contributed by atoms with Crippen LogP contribution in [-0.4, -0.2) is 17.7 Å². The second kappa shape index (κ2) is 8.97. The van der Waals surface area contributed by atoms with Crippen LogP contribution in [0.4, 0.5) is 0 Å². The number of hydrogen-bond donors (Lipinski definition) is 0. The highest BCUT2D eigenvalue weighted by molar-refractivity contribution is 6.02. The quantitative estimate of drug-likeness (QED) is 0.342. The van der Waals surface area contributed by atoms with Gasteiger partial charge in [0.05, 0.1) is 11.1 Å². The normalized spacial score (nSPS) is 10.3. The Hall–Kier alpha value is -3.73. The molecule has 3 aromatic rings. The Morgan fingerprint density at radius 1 is 0.690 bits per heavy atom. The van der Waals surface area contributed by atoms with E-state index in [2.05, 4.69) is 0 Å². The zero-order chi connectivity index (χ0) is 20.8. The first-order chi connectivity index (χ1) is 14.0. The van der Waals surface area contributed by atoms with E-state index < -0.39 is 11.9 Å². The number of ketones is 1. The minimum Gasteiger partial charge on any atom is -0.294 e. The maximum absolute atomic E-state index is 12.5. The summed E-state index contributed by atoms with van der Waals surface area (Å²) >= 11 is 0. The van der Waals surface area contributed by atoms with Crippen LogP contribution >= 0.6 is 0 Å². The number of benzene rings is 3. The number of carbonyl (C=O) groups is 3. The summed E-state index contributed by atoms with van der Waals surface area (Å²) < 4.78 is 0. The van der Waals surface area contributed by atoms with Crippen LogP contribution in [0.5, 0.6) is 0 Å². The van der Waals surface area contributed by atoms with Crippen molar-refractivity contribution < 1.29 is 24.2 Å². The van der Waals surface area contributed by atoms with Crippen LogP contribution < -0.4 is 0 Å². The fraction of sp³-hybridized carbons (Fsp3) is 0.125. The first kappa shape index (κ1) is 20.0. The van der Waals surface area contributed by atoms with Gasteiger partial charge in [-0.3, -0.25) is 4.79 Å². The summed E-state index contributed by atoms with van der Waals surface area (Å²) in [5, 5.41) is 0. The van der Waals surface area contributed by atoms with E-state index in [0.29, 0.717) is 23.1 Å². The van der Waals surface area contributed by atoms with Crippen LogP contribution in [0.25, 0.3) is 11.1 Å². The van der Waals surface area contributed by atoms with Crippen LogP contribution in [0.15, 0.2) is 72.8 Å². The lowest BCUT2D eigenvalue weighted by molar-refractivity contribution is -0.187. The Balaban J connectivity index is 1.77. The van der Waals surface area contributed by atoms with Crippen LogP contribution in [0.1, 0.15) is 50.0 Å². The van der Waals surface area contributed by atoms with Gasteiger partial charge < -0.3 is 0 Å². The molecule has 0 unspecified atom stereocenters. The zero-order valence-corrected chi connectivity index (χ0v) is 16.2. The Kier molecular flexibility index (Phi) is 6.19. The van der Waals surface area contributed by atoms with Crippen molar-refractivity contribution in [1.82, 2.24) is 0 Å². The molecule has 0 saturated carbocycles. The molecule has 0 fully saturated rings. The first-order valence-corrected chi connectivity index (χ1v) is 9.23. The van der Waals surface area contributed by atoms with Gasteiger partial charge in [-0.2, -0.15) is 0 Å². The number of carbonyl (C=O) groups excluding carboxylic acids is 3. The van der Waals surface area contributed by atoms with Gasteiger partial charge in [0.15, 0.2) is 5.78 Å². The van der Waals surface area contributed by atoms with Crippen LogP contribution in [0.2, 0.25) is 0 Å². The summed E-state index contributed by atoms with van der Waals surface area (Å²) in [6.07, 6.45) is 0.324. The molecule has 3 rings (SSSR count). The molecule has 0 aliphatic carbocycles. The number of Topliss-reactive ketones (excluding diaryl/α,β-unsaturated/α-hetero) is 1. The molecule has 0 aromatic heterocycles. The van der Waals surface area contributed by atoms with Crippen molar-refractivity contribution in [3.05, 3.63) is 95.1 Å². The highest BCUT2D eigenvalue weighted by Crippen LogP contribution is 2.24. The first-order valence-electron chi connectivity index (χ1n) is 9.23. The third-order valence-corrected chi connectivity index (χ3v) is 4.60. The van der Waals surface area contributed by atoms with E-state index in [1.165, 1.54) is 6.07 Å². The van der Waals surface area contributed by atoms with E-state index in [9.17, 15) is 14.4 Å². The Morgan fingerprint density at radius 2 is 1.24 bits per heavy atom. The molecule has 0 bridgehead atoms. The highest BCUT2D eigenvalue weighted by atomic mass is 17.2. The standard InChI is InChI=1S/C24H20O5/c1-3-22(25)18-14-9-15-19(16(18)2)23(26)28-29-24(27)21-13-8-7-12-20(21)17-10-5-4-6-11-17/h4-15H,3H2,1-2H3. The fourth-order valence-electron chi connectivity index (χ4n) is 3.05. The molecule has 29 heavy (non-hydrogen) atoms. The molecule has 0 aliphatic rings. The minimum absolute atomic E-state index is 0.0778. The third-order valence-electron chi connectivity index (χ3n) is 4.60. The largest absolute Gasteiger partial charge is 0.386 e. The van der Waals surface area contributed by atoms with E-state index in [1.54, 1.807) is 44.2 Å². The molecule has 0 atom stereocenters. The van der Waals surface area contributed by atoms with Crippen molar-refractivity contribution in [1.29, 1.82) is 0 Å². The Labute approximate surface area is 168 Å². The van der Waals surface area contributed by atoms with Crippen molar-refractivity contribution in [3.8, 4) is 11.1 Å². The van der Waals surface area contributed by atoms with E-state index in [1.807, 2.05) is 36.4 Å². The zero-order valence-electron chi connectivity index (χ0n) is 16.2. The van der Waals surface area contributed by atoms with Crippen molar-refractivity contribution in [3.63, 3.8) is 0 Å². The van der Waals surface area contributed by atoms with E-state index >= 15 is 0 Å². The predicted molar refractivity (Wildman–Crippen MR) is 109 cm³/mol. The van der Waals surface area contributed by atoms with Crippen LogP contribution in [0, 0.1) is 6.92 Å². The molecular weight excluding hydrogens is 368 g/mol. The highest BCUT2D eigenvalue weighted by Gasteiger charge is 2.20. The van der Waals surface area contributed by atoms with Crippen molar-refractivity contribution >= 4 is 17.7 Å². The maximum Gasteiger partial charge on any atom is 0.386 e. The molecule has 5 heteroatoms. The summed E-state index contributed by atoms with van der Waals surface area (Å²) in [6, 6.07) is 21.0. The van der Waals surface area contributed by atoms with Gasteiger partial charge in [0.2, 0.25) is 0 Å². The smallest absolute Gasteiger partial charge is 0.294 e. The van der Waals surface area contributed by atoms with Gasteiger partial charge in [-0.05, 0) is 35.7 Å². The lowest BCUT2D eigenvalue weighted by Crippen LogP contribution is -2.14. The molecule has 0 radical (unpaired) electrons. The Bertz CT molecular complexity index is 1050. The summed E-state index contributed by atoms with van der Waals surface area (Å²) in [4.78, 5) is 46.5. The summed E-state index contributed by atoms with van der Waals surface area (Å²) in [6.45, 7) is 3.41. The average molecular weight is 388 g/mol. The van der Waals surface area contributed by atoms with Crippen molar-refractivity contribution in [2.24, 2.45) is 0 Å². The van der Waals surface area contributed by atoms with Crippen molar-refractivity contribution in [2.75, 3.05) is 0 Å². The molecule has 0 spiro atoms. The second-order valence-electron chi connectivity index (χ2n) is 6.41. The monoisotopic (exact) mass is 388 g/mol. The topological polar surface area (TPSA) is 69.7 Å². The number of rotatable bonds is 5. The summed E-state index contributed by atoms with van der Waals surface area (Å²) in [7, 11) is 0. The van der Waals surface area contributed by atoms with Gasteiger partial charge in [-0.1, -0.05) is 67.6 Å². The van der Waals surface area contributed by atoms with Gasteiger partial charge in [-0.15, -0.1) is 0 Å². The lowest BCUT2D eigenvalue weighted by Gasteiger charge is -2.10. The van der Waals surface area contributed by atoms with Gasteiger partial charge in [-0.25, -0.2) is 19.4 Å². The summed E-state index contributed by atoms with van der Waals surface area (Å²) in [5.41, 5.74) is 2.90. The molecule has 0 saturated heterocycles. The molecule has 0 heterocycles. The third kappa shape index (κ3) is 4.41. The lowest BCUT2D eigenvalue weighted by atomic mass is 9.98. The van der Waals surface area contributed by atoms with Crippen molar-refractivity contribution in [2.45, 2.75) is 20.3 Å². The summed E-state index contributed by atoms with van der Waals surface area (Å²) in [5.74, 6) is -1.69. The van der Waals surface area contributed by atoms with Gasteiger partial charge in [0, 0.05) is 12.0 Å². The Morgan fingerprint density at radius 3 is 1.93 bits per heavy atom. The van der Waals surface area contributed by atoms with Crippen LogP contribution in [-0.2, 0) is 9.78 Å². The number of hydrogen-bond acceptors (Lipinski definition) is 5. The van der Waals surface area contributed by atoms with E-state index in [0.717, 1.165) is 5.56 Å². The van der Waals surface area contributed by atoms with Gasteiger partial charge in [0.1, 0.15) is 0 Å². The molecule has 5 nitrogen and oxygen atoms in total. The van der Waals surface area contributed by atoms with E-state index in [4.69, 9.17) is 9.78 Å². The van der Waals surface area contributed by atoms with Gasteiger partial charge in [0.25, 0.3) is 0 Å². The fourth-order valence-corrected chi connectivity index (χ4v) is 3.05. The molecular formula is C24H20O5. The van der Waals surface area contributed by atoms with Gasteiger partial charge >= 0.3 is 11.9 Å².